The third-order valence-corrected chi connectivity index (χ3v) is 8.72. The fraction of sp³-hybridized carbons (Fsp3) is 0.586. The molecular weight excluding hydrogens is 477 g/mol. The molecule has 2 fully saturated rings. The summed E-state index contributed by atoms with van der Waals surface area (Å²) >= 11 is 0. The Morgan fingerprint density at radius 1 is 0.943 bits per heavy atom. The summed E-state index contributed by atoms with van der Waals surface area (Å²) in [6.07, 6.45) is 1.24. The number of fused-ring (bicyclic) bond motifs is 1. The van der Waals surface area contributed by atoms with Crippen LogP contribution in [0.15, 0.2) is 30.3 Å². The predicted octanol–water partition coefficient (Wildman–Crippen LogP) is 6.20. The van der Waals surface area contributed by atoms with Gasteiger partial charge in [-0.2, -0.15) is 0 Å². The lowest BCUT2D eigenvalue weighted by molar-refractivity contribution is 0.0884. The van der Waals surface area contributed by atoms with Gasteiger partial charge in [-0.05, 0) is 89.2 Å². The van der Waals surface area contributed by atoms with Crippen molar-refractivity contribution >= 4 is 30.5 Å². The summed E-state index contributed by atoms with van der Waals surface area (Å²) in [5.41, 5.74) is 8.43. The minimum absolute atomic E-state index is 0. The molecule has 3 heterocycles. The summed E-state index contributed by atoms with van der Waals surface area (Å²) in [6.45, 7) is 20.5. The molecule has 3 atom stereocenters. The summed E-state index contributed by atoms with van der Waals surface area (Å²) in [6, 6.07) is 11.4. The number of rotatable bonds is 4. The van der Waals surface area contributed by atoms with E-state index in [-0.39, 0.29) is 30.4 Å². The quantitative estimate of drug-likeness (QED) is 0.520. The lowest BCUT2D eigenvalue weighted by atomic mass is 9.74. The van der Waals surface area contributed by atoms with Crippen molar-refractivity contribution < 1.29 is 4.74 Å². The monoisotopic (exact) mass is 519 g/mol. The Bertz CT molecular complexity index is 1010. The number of nitrogens with one attached hydrogen (secondary N) is 1. The SMILES string of the molecule is Cc1c(C)c(N2CCN(C(C)c3ccccc3)CC2)c(C)c2c1OC(C)(C)C2C1CCNC1.Cl.Cl. The number of halogens is 2. The molecule has 0 bridgehead atoms. The Hall–Kier alpha value is -1.46. The third-order valence-electron chi connectivity index (χ3n) is 8.72. The summed E-state index contributed by atoms with van der Waals surface area (Å²) in [5.74, 6) is 2.28. The van der Waals surface area contributed by atoms with Crippen LogP contribution in [0.1, 0.15) is 67.0 Å². The molecular formula is C29H43Cl2N3O. The minimum Gasteiger partial charge on any atom is -0.487 e. The molecule has 2 aromatic carbocycles. The van der Waals surface area contributed by atoms with E-state index in [1.165, 1.54) is 45.7 Å². The second-order valence-corrected chi connectivity index (χ2v) is 11.0. The van der Waals surface area contributed by atoms with Gasteiger partial charge in [-0.3, -0.25) is 4.90 Å². The van der Waals surface area contributed by atoms with E-state index in [0.717, 1.165) is 39.3 Å². The van der Waals surface area contributed by atoms with Gasteiger partial charge in [0, 0.05) is 49.4 Å². The third kappa shape index (κ3) is 4.92. The maximum atomic E-state index is 6.70. The van der Waals surface area contributed by atoms with Crippen LogP contribution in [-0.2, 0) is 0 Å². The van der Waals surface area contributed by atoms with Crippen molar-refractivity contribution in [1.29, 1.82) is 0 Å². The van der Waals surface area contributed by atoms with Crippen LogP contribution in [0.3, 0.4) is 0 Å². The Morgan fingerprint density at radius 2 is 1.60 bits per heavy atom. The molecule has 2 aromatic rings. The molecule has 0 amide bonds. The standard InChI is InChI=1S/C29H41N3O.2ClH/c1-19-20(2)28-25(26(29(5,6)33-28)24-12-13-30-18-24)21(3)27(19)32-16-14-31(15-17-32)22(4)23-10-8-7-9-11-23;;/h7-11,22,24,26,30H,12-18H2,1-6H3;2*1H. The molecule has 0 aromatic heterocycles. The molecule has 0 aliphatic carbocycles. The Morgan fingerprint density at radius 3 is 2.20 bits per heavy atom. The first-order valence-electron chi connectivity index (χ1n) is 12.9. The highest BCUT2D eigenvalue weighted by Gasteiger charge is 2.48. The number of hydrogen-bond acceptors (Lipinski definition) is 4. The van der Waals surface area contributed by atoms with Crippen molar-refractivity contribution in [3.8, 4) is 5.75 Å². The molecule has 35 heavy (non-hydrogen) atoms. The smallest absolute Gasteiger partial charge is 0.127 e. The van der Waals surface area contributed by atoms with Crippen molar-refractivity contribution in [2.24, 2.45) is 5.92 Å². The van der Waals surface area contributed by atoms with Gasteiger partial charge in [-0.15, -0.1) is 24.8 Å². The molecule has 3 unspecified atom stereocenters. The van der Waals surface area contributed by atoms with Crippen molar-refractivity contribution in [2.75, 3.05) is 44.2 Å². The van der Waals surface area contributed by atoms with E-state index >= 15 is 0 Å². The first kappa shape index (κ1) is 28.1. The van der Waals surface area contributed by atoms with Crippen molar-refractivity contribution in [3.63, 3.8) is 0 Å². The molecule has 0 spiro atoms. The van der Waals surface area contributed by atoms with Crippen LogP contribution in [0.25, 0.3) is 0 Å². The molecule has 2 saturated heterocycles. The summed E-state index contributed by atoms with van der Waals surface area (Å²) in [4.78, 5) is 5.29. The summed E-state index contributed by atoms with van der Waals surface area (Å²) < 4.78 is 6.70. The van der Waals surface area contributed by atoms with Gasteiger partial charge in [-0.1, -0.05) is 30.3 Å². The highest BCUT2D eigenvalue weighted by Crippen LogP contribution is 2.55. The molecule has 194 valence electrons. The predicted molar refractivity (Wildman–Crippen MR) is 152 cm³/mol. The van der Waals surface area contributed by atoms with Gasteiger partial charge in [0.05, 0.1) is 0 Å². The molecule has 5 rings (SSSR count). The Kier molecular flexibility index (Phi) is 8.74. The fourth-order valence-corrected chi connectivity index (χ4v) is 6.82. The van der Waals surface area contributed by atoms with Gasteiger partial charge >= 0.3 is 0 Å². The number of anilines is 1. The lowest BCUT2D eigenvalue weighted by Gasteiger charge is -2.41. The van der Waals surface area contributed by atoms with E-state index in [0.29, 0.717) is 17.9 Å². The van der Waals surface area contributed by atoms with Crippen molar-refractivity contribution in [1.82, 2.24) is 10.2 Å². The van der Waals surface area contributed by atoms with E-state index in [4.69, 9.17) is 4.74 Å². The van der Waals surface area contributed by atoms with Crippen LogP contribution in [0, 0.1) is 26.7 Å². The summed E-state index contributed by atoms with van der Waals surface area (Å²) in [7, 11) is 0. The van der Waals surface area contributed by atoms with E-state index in [9.17, 15) is 0 Å². The Labute approximate surface area is 224 Å². The Balaban J connectivity index is 0.00000171. The largest absolute Gasteiger partial charge is 0.487 e. The number of nitrogens with zero attached hydrogens (tertiary/aromatic N) is 2. The summed E-state index contributed by atoms with van der Waals surface area (Å²) in [5, 5.41) is 3.60. The van der Waals surface area contributed by atoms with Crippen LogP contribution in [0.4, 0.5) is 5.69 Å². The number of benzene rings is 2. The van der Waals surface area contributed by atoms with Gasteiger partial charge in [0.1, 0.15) is 11.4 Å². The molecule has 1 N–H and O–H groups in total. The molecule has 3 aliphatic heterocycles. The number of ether oxygens (including phenoxy) is 1. The molecule has 0 radical (unpaired) electrons. The van der Waals surface area contributed by atoms with E-state index in [2.05, 4.69) is 87.0 Å². The maximum absolute atomic E-state index is 6.70. The van der Waals surface area contributed by atoms with Crippen LogP contribution in [-0.4, -0.2) is 49.8 Å². The van der Waals surface area contributed by atoms with Crippen LogP contribution in [0.2, 0.25) is 0 Å². The van der Waals surface area contributed by atoms with Crippen LogP contribution < -0.4 is 15.0 Å². The normalized spacial score (nSPS) is 24.2. The second kappa shape index (κ2) is 10.9. The zero-order chi connectivity index (χ0) is 23.3. The van der Waals surface area contributed by atoms with Gasteiger partial charge in [0.15, 0.2) is 0 Å². The molecule has 6 heteroatoms. The average molecular weight is 521 g/mol. The van der Waals surface area contributed by atoms with Crippen LogP contribution in [0.5, 0.6) is 5.75 Å². The first-order valence-corrected chi connectivity index (χ1v) is 12.9. The van der Waals surface area contributed by atoms with Gasteiger partial charge in [0.25, 0.3) is 0 Å². The highest BCUT2D eigenvalue weighted by molar-refractivity contribution is 5.85. The lowest BCUT2D eigenvalue weighted by Crippen LogP contribution is -2.47. The molecule has 3 aliphatic rings. The topological polar surface area (TPSA) is 27.7 Å². The second-order valence-electron chi connectivity index (χ2n) is 11.0. The first-order chi connectivity index (χ1) is 15.8. The zero-order valence-electron chi connectivity index (χ0n) is 22.2. The van der Waals surface area contributed by atoms with Gasteiger partial charge < -0.3 is 15.0 Å². The average Bonchev–Trinajstić information content (AvgIpc) is 3.43. The molecule has 0 saturated carbocycles. The van der Waals surface area contributed by atoms with Crippen LogP contribution >= 0.6 is 24.8 Å². The molecule has 4 nitrogen and oxygen atoms in total. The van der Waals surface area contributed by atoms with Crippen molar-refractivity contribution in [3.05, 3.63) is 58.1 Å². The van der Waals surface area contributed by atoms with Crippen molar-refractivity contribution in [2.45, 2.75) is 65.5 Å². The van der Waals surface area contributed by atoms with Gasteiger partial charge in [0.2, 0.25) is 0 Å². The highest BCUT2D eigenvalue weighted by atomic mass is 35.5. The van der Waals surface area contributed by atoms with E-state index in [1.807, 2.05) is 0 Å². The van der Waals surface area contributed by atoms with Gasteiger partial charge in [-0.25, -0.2) is 0 Å². The number of piperazine rings is 1. The minimum atomic E-state index is -0.149. The fourth-order valence-electron chi connectivity index (χ4n) is 6.82. The zero-order valence-corrected chi connectivity index (χ0v) is 23.8. The number of hydrogen-bond donors (Lipinski definition) is 1. The maximum Gasteiger partial charge on any atom is 0.127 e. The van der Waals surface area contributed by atoms with E-state index < -0.39 is 0 Å². The van der Waals surface area contributed by atoms with E-state index in [1.54, 1.807) is 0 Å².